The molecule has 1 saturated heterocycles. The van der Waals surface area contributed by atoms with Gasteiger partial charge < -0.3 is 4.74 Å². The van der Waals surface area contributed by atoms with Crippen LogP contribution in [0.25, 0.3) is 33.9 Å². The molecule has 0 saturated carbocycles. The minimum atomic E-state index is -0.353. The van der Waals surface area contributed by atoms with Gasteiger partial charge in [0.15, 0.2) is 11.2 Å². The lowest BCUT2D eigenvalue weighted by Crippen LogP contribution is -2.44. The lowest BCUT2D eigenvalue weighted by Gasteiger charge is -2.26. The topological polar surface area (TPSA) is 78.7 Å². The molecule has 0 amide bonds. The Morgan fingerprint density at radius 2 is 1.68 bits per heavy atom. The van der Waals surface area contributed by atoms with Crippen molar-refractivity contribution < 1.29 is 4.74 Å². The first kappa shape index (κ1) is 23.4. The summed E-state index contributed by atoms with van der Waals surface area (Å²) in [5.74, 6) is 0.594. The molecule has 2 aromatic carbocycles. The van der Waals surface area contributed by atoms with E-state index in [-0.39, 0.29) is 11.2 Å². The van der Waals surface area contributed by atoms with Gasteiger partial charge in [0.2, 0.25) is 5.78 Å². The number of imidazole rings is 2. The molecule has 6 rings (SSSR count). The highest BCUT2D eigenvalue weighted by Gasteiger charge is 2.23. The maximum absolute atomic E-state index is 13.8. The molecule has 0 bridgehead atoms. The third-order valence-electron chi connectivity index (χ3n) is 7.27. The first-order chi connectivity index (χ1) is 18.1. The highest BCUT2D eigenvalue weighted by molar-refractivity contribution is 5.79. The van der Waals surface area contributed by atoms with Crippen molar-refractivity contribution in [3.63, 3.8) is 0 Å². The summed E-state index contributed by atoms with van der Waals surface area (Å²) in [6.45, 7) is 6.01. The Balaban J connectivity index is 1.56. The van der Waals surface area contributed by atoms with Crippen molar-refractivity contribution in [3.05, 3.63) is 87.2 Å². The minimum Gasteiger partial charge on any atom is -0.379 e. The van der Waals surface area contributed by atoms with Crippen LogP contribution in [0.15, 0.2) is 70.4 Å². The fourth-order valence-electron chi connectivity index (χ4n) is 5.11. The number of fused-ring (bicyclic) bond motifs is 3. The predicted octanol–water partition coefficient (Wildman–Crippen LogP) is 2.70. The Kier molecular flexibility index (Phi) is 6.02. The van der Waals surface area contributed by atoms with E-state index in [9.17, 15) is 9.59 Å². The average Bonchev–Trinajstić information content (AvgIpc) is 3.50. The van der Waals surface area contributed by atoms with E-state index in [1.807, 2.05) is 40.9 Å². The van der Waals surface area contributed by atoms with Crippen molar-refractivity contribution in [2.75, 3.05) is 32.8 Å². The van der Waals surface area contributed by atoms with Gasteiger partial charge in [0.25, 0.3) is 5.56 Å². The summed E-state index contributed by atoms with van der Waals surface area (Å²) in [5, 5.41) is 0. The lowest BCUT2D eigenvalue weighted by atomic mass is 10.1. The molecule has 190 valence electrons. The van der Waals surface area contributed by atoms with E-state index in [1.165, 1.54) is 14.7 Å². The number of aromatic nitrogens is 5. The van der Waals surface area contributed by atoms with Gasteiger partial charge in [-0.25, -0.2) is 4.79 Å². The minimum absolute atomic E-state index is 0.319. The van der Waals surface area contributed by atoms with E-state index >= 15 is 0 Å². The molecule has 1 aliphatic rings. The summed E-state index contributed by atoms with van der Waals surface area (Å²) < 4.78 is 12.1. The van der Waals surface area contributed by atoms with Crippen molar-refractivity contribution in [2.24, 2.45) is 7.05 Å². The summed E-state index contributed by atoms with van der Waals surface area (Å²) in [5.41, 5.74) is 4.23. The van der Waals surface area contributed by atoms with E-state index in [0.29, 0.717) is 43.2 Å². The molecule has 1 fully saturated rings. The average molecular weight is 499 g/mol. The van der Waals surface area contributed by atoms with E-state index in [4.69, 9.17) is 9.72 Å². The number of morpholine rings is 1. The number of benzene rings is 2. The second-order valence-electron chi connectivity index (χ2n) is 9.44. The first-order valence-corrected chi connectivity index (χ1v) is 12.7. The predicted molar refractivity (Wildman–Crippen MR) is 144 cm³/mol. The number of ether oxygens (including phenoxy) is 1. The molecule has 37 heavy (non-hydrogen) atoms. The van der Waals surface area contributed by atoms with Gasteiger partial charge in [-0.1, -0.05) is 49.4 Å². The van der Waals surface area contributed by atoms with E-state index < -0.39 is 0 Å². The highest BCUT2D eigenvalue weighted by atomic mass is 16.5. The summed E-state index contributed by atoms with van der Waals surface area (Å²) in [7, 11) is 1.68. The van der Waals surface area contributed by atoms with E-state index in [2.05, 4.69) is 40.7 Å². The molecule has 0 N–H and O–H groups in total. The third kappa shape index (κ3) is 4.00. The van der Waals surface area contributed by atoms with Gasteiger partial charge in [0.1, 0.15) is 0 Å². The van der Waals surface area contributed by atoms with Crippen LogP contribution in [0, 0.1) is 0 Å². The summed E-state index contributed by atoms with van der Waals surface area (Å²) >= 11 is 0. The Labute approximate surface area is 213 Å². The summed E-state index contributed by atoms with van der Waals surface area (Å²) in [6, 6.07) is 18.4. The number of hydrogen-bond acceptors (Lipinski definition) is 5. The maximum Gasteiger partial charge on any atom is 0.332 e. The van der Waals surface area contributed by atoms with Crippen LogP contribution in [0.3, 0.4) is 0 Å². The Hall–Kier alpha value is -3.95. The van der Waals surface area contributed by atoms with Crippen molar-refractivity contribution in [1.29, 1.82) is 0 Å². The standard InChI is InChI=1S/C28H30N6O3/c1-3-20-9-11-22(12-10-20)34-23(21-7-5-4-6-8-21)19-33-24-25(29-27(33)34)30(2)28(36)32(26(24)35)14-13-31-15-17-37-18-16-31/h4-12,19H,3,13-18H2,1-2H3. The third-order valence-corrected chi connectivity index (χ3v) is 7.27. The van der Waals surface area contributed by atoms with Gasteiger partial charge in [-0.2, -0.15) is 4.98 Å². The van der Waals surface area contributed by atoms with Crippen LogP contribution < -0.4 is 11.2 Å². The monoisotopic (exact) mass is 498 g/mol. The van der Waals surface area contributed by atoms with Crippen molar-refractivity contribution in [2.45, 2.75) is 19.9 Å². The van der Waals surface area contributed by atoms with E-state index in [0.717, 1.165) is 36.5 Å². The summed E-state index contributed by atoms with van der Waals surface area (Å²) in [6.07, 6.45) is 2.90. The summed E-state index contributed by atoms with van der Waals surface area (Å²) in [4.78, 5) is 34.0. The van der Waals surface area contributed by atoms with Crippen LogP contribution in [0.2, 0.25) is 0 Å². The van der Waals surface area contributed by atoms with Crippen LogP contribution in [-0.4, -0.2) is 60.8 Å². The molecule has 4 heterocycles. The van der Waals surface area contributed by atoms with Gasteiger partial charge in [-0.05, 0) is 24.1 Å². The SMILES string of the molecule is CCc1ccc(-n2c(-c3ccccc3)cn3c4c(=O)n(CCN5CCOCC5)c(=O)n(C)c4nc23)cc1. The molecule has 5 aromatic rings. The van der Waals surface area contributed by atoms with Crippen molar-refractivity contribution >= 4 is 16.9 Å². The normalized spacial score (nSPS) is 14.6. The van der Waals surface area contributed by atoms with Crippen LogP contribution in [-0.2, 0) is 24.8 Å². The molecule has 3 aromatic heterocycles. The molecular weight excluding hydrogens is 468 g/mol. The zero-order chi connectivity index (χ0) is 25.5. The number of nitrogens with zero attached hydrogens (tertiary/aromatic N) is 6. The number of rotatable bonds is 6. The maximum atomic E-state index is 13.8. The molecule has 0 spiro atoms. The molecule has 1 aliphatic heterocycles. The molecule has 0 aliphatic carbocycles. The Morgan fingerprint density at radius 3 is 2.38 bits per heavy atom. The number of aryl methyl sites for hydroxylation is 2. The van der Waals surface area contributed by atoms with Crippen molar-refractivity contribution in [3.8, 4) is 16.9 Å². The van der Waals surface area contributed by atoms with Crippen molar-refractivity contribution in [1.82, 2.24) is 28.0 Å². The molecule has 9 nitrogen and oxygen atoms in total. The Morgan fingerprint density at radius 1 is 0.946 bits per heavy atom. The van der Waals surface area contributed by atoms with Gasteiger partial charge in [0.05, 0.1) is 18.9 Å². The molecule has 9 heteroatoms. The van der Waals surface area contributed by atoms with Gasteiger partial charge in [-0.15, -0.1) is 0 Å². The molecule has 0 radical (unpaired) electrons. The quantitative estimate of drug-likeness (QED) is 0.360. The molecule has 0 atom stereocenters. The second-order valence-corrected chi connectivity index (χ2v) is 9.44. The highest BCUT2D eigenvalue weighted by Crippen LogP contribution is 2.29. The van der Waals surface area contributed by atoms with E-state index in [1.54, 1.807) is 7.05 Å². The lowest BCUT2D eigenvalue weighted by molar-refractivity contribution is 0.0361. The van der Waals surface area contributed by atoms with Crippen LogP contribution in [0.1, 0.15) is 12.5 Å². The largest absolute Gasteiger partial charge is 0.379 e. The fraction of sp³-hybridized carbons (Fsp3) is 0.321. The Bertz CT molecular complexity index is 1690. The van der Waals surface area contributed by atoms with Gasteiger partial charge in [0, 0.05) is 50.7 Å². The smallest absolute Gasteiger partial charge is 0.332 e. The second kappa shape index (κ2) is 9.49. The fourth-order valence-corrected chi connectivity index (χ4v) is 5.11. The zero-order valence-electron chi connectivity index (χ0n) is 21.1. The first-order valence-electron chi connectivity index (χ1n) is 12.7. The van der Waals surface area contributed by atoms with Gasteiger partial charge in [-0.3, -0.25) is 27.8 Å². The molecule has 0 unspecified atom stereocenters. The molecular formula is C28H30N6O3. The number of hydrogen-bond donors (Lipinski definition) is 0. The van der Waals surface area contributed by atoms with Crippen LogP contribution in [0.5, 0.6) is 0 Å². The zero-order valence-corrected chi connectivity index (χ0v) is 21.1. The van der Waals surface area contributed by atoms with Crippen LogP contribution >= 0.6 is 0 Å². The van der Waals surface area contributed by atoms with Gasteiger partial charge >= 0.3 is 5.69 Å². The van der Waals surface area contributed by atoms with Crippen LogP contribution in [0.4, 0.5) is 0 Å².